The summed E-state index contributed by atoms with van der Waals surface area (Å²) in [6.07, 6.45) is 2.44. The molecule has 2 aromatic heterocycles. The third-order valence-corrected chi connectivity index (χ3v) is 2.42. The van der Waals surface area contributed by atoms with Crippen molar-refractivity contribution in [1.82, 2.24) is 15.3 Å². The summed E-state index contributed by atoms with van der Waals surface area (Å²) in [5, 5.41) is 2.91. The molecule has 0 spiro atoms. The van der Waals surface area contributed by atoms with Gasteiger partial charge in [0.05, 0.1) is 23.1 Å². The van der Waals surface area contributed by atoms with Crippen LogP contribution < -0.4 is 5.32 Å². The number of fused-ring (bicyclic) bond motifs is 1. The van der Waals surface area contributed by atoms with Crippen molar-refractivity contribution >= 4 is 17.0 Å². The van der Waals surface area contributed by atoms with Gasteiger partial charge in [0.25, 0.3) is 0 Å². The van der Waals surface area contributed by atoms with Crippen molar-refractivity contribution < 1.29 is 13.9 Å². The van der Waals surface area contributed by atoms with Gasteiger partial charge in [-0.05, 0) is 26.8 Å². The molecule has 2 heterocycles. The summed E-state index contributed by atoms with van der Waals surface area (Å²) in [5.41, 5.74) is 0.370. The maximum Gasteiger partial charge on any atom is 0.407 e. The minimum atomic E-state index is -0.580. The predicted octanol–water partition coefficient (Wildman–Crippen LogP) is 2.73. The third-order valence-electron chi connectivity index (χ3n) is 2.42. The molecule has 0 fully saturated rings. The number of carbonyl (C=O) groups excluding carboxylic acids is 1. The molecule has 6 heteroatoms. The lowest BCUT2D eigenvalue weighted by Gasteiger charge is -2.19. The molecule has 0 unspecified atom stereocenters. The van der Waals surface area contributed by atoms with Crippen molar-refractivity contribution in [3.05, 3.63) is 30.0 Å². The summed E-state index contributed by atoms with van der Waals surface area (Å²) in [6, 6.07) is 1.68. The Morgan fingerprint density at radius 2 is 2.26 bits per heavy atom. The van der Waals surface area contributed by atoms with Gasteiger partial charge < -0.3 is 15.0 Å². The maximum atomic E-state index is 14.0. The number of halogens is 1. The highest BCUT2D eigenvalue weighted by atomic mass is 19.1. The molecule has 0 bridgehead atoms. The van der Waals surface area contributed by atoms with Gasteiger partial charge in [-0.1, -0.05) is 0 Å². The molecule has 2 aromatic rings. The molecule has 19 heavy (non-hydrogen) atoms. The molecular formula is C13H16FN3O2. The first-order chi connectivity index (χ1) is 8.87. The quantitative estimate of drug-likeness (QED) is 0.877. The number of alkyl carbamates (subject to hydrolysis) is 1. The van der Waals surface area contributed by atoms with Crippen LogP contribution in [0, 0.1) is 5.82 Å². The van der Waals surface area contributed by atoms with Gasteiger partial charge >= 0.3 is 6.09 Å². The molecule has 1 amide bonds. The number of nitrogens with zero attached hydrogens (tertiary/aromatic N) is 1. The number of ether oxygens (including phenoxy) is 1. The van der Waals surface area contributed by atoms with Crippen LogP contribution >= 0.6 is 0 Å². The van der Waals surface area contributed by atoms with Crippen molar-refractivity contribution in [1.29, 1.82) is 0 Å². The number of hydrogen-bond donors (Lipinski definition) is 2. The first kappa shape index (κ1) is 13.3. The lowest BCUT2D eigenvalue weighted by molar-refractivity contribution is 0.0522. The highest BCUT2D eigenvalue weighted by molar-refractivity contribution is 5.80. The zero-order valence-electron chi connectivity index (χ0n) is 11.1. The maximum absolute atomic E-state index is 14.0. The highest BCUT2D eigenvalue weighted by Crippen LogP contribution is 2.19. The second-order valence-electron chi connectivity index (χ2n) is 5.19. The molecule has 0 aliphatic rings. The van der Waals surface area contributed by atoms with Gasteiger partial charge in [-0.2, -0.15) is 0 Å². The first-order valence-electron chi connectivity index (χ1n) is 5.94. The van der Waals surface area contributed by atoms with Gasteiger partial charge in [0, 0.05) is 12.4 Å². The van der Waals surface area contributed by atoms with E-state index in [-0.39, 0.29) is 6.54 Å². The van der Waals surface area contributed by atoms with Crippen LogP contribution in [-0.2, 0) is 11.3 Å². The number of rotatable bonds is 2. The smallest absolute Gasteiger partial charge is 0.407 e. The number of carbonyl (C=O) groups is 1. The standard InChI is InChI=1S/C13H16FN3O2/c1-13(2,3)19-12(18)16-7-10-11(14)8-6-15-5-4-9(8)17-10/h4-6,17H,7H2,1-3H3,(H,16,18). The molecule has 2 N–H and O–H groups in total. The molecule has 0 aliphatic carbocycles. The molecule has 0 aromatic carbocycles. The number of amides is 1. The van der Waals surface area contributed by atoms with E-state index in [4.69, 9.17) is 4.74 Å². The normalized spacial score (nSPS) is 11.6. The minimum absolute atomic E-state index is 0.0371. The Morgan fingerprint density at radius 1 is 1.53 bits per heavy atom. The summed E-state index contributed by atoms with van der Waals surface area (Å²) < 4.78 is 19.0. The Morgan fingerprint density at radius 3 is 2.89 bits per heavy atom. The molecule has 0 radical (unpaired) electrons. The number of H-pyrrole nitrogens is 1. The average Bonchev–Trinajstić information content (AvgIpc) is 2.62. The third kappa shape index (κ3) is 3.21. The van der Waals surface area contributed by atoms with Crippen LogP contribution in [0.4, 0.5) is 9.18 Å². The molecule has 2 rings (SSSR count). The fourth-order valence-electron chi connectivity index (χ4n) is 1.65. The Balaban J connectivity index is 2.06. The molecule has 0 saturated heterocycles. The summed E-state index contributed by atoms with van der Waals surface area (Å²) in [5.74, 6) is -0.404. The molecule has 0 saturated carbocycles. The summed E-state index contributed by atoms with van der Waals surface area (Å²) in [7, 11) is 0. The topological polar surface area (TPSA) is 67.0 Å². The van der Waals surface area contributed by atoms with Gasteiger partial charge in [-0.15, -0.1) is 0 Å². The summed E-state index contributed by atoms with van der Waals surface area (Å²) in [4.78, 5) is 18.2. The van der Waals surface area contributed by atoms with Crippen LogP contribution in [0.1, 0.15) is 26.5 Å². The van der Waals surface area contributed by atoms with Crippen molar-refractivity contribution in [2.24, 2.45) is 0 Å². The van der Waals surface area contributed by atoms with Crippen LogP contribution in [0.15, 0.2) is 18.5 Å². The van der Waals surface area contributed by atoms with Gasteiger partial charge in [0.1, 0.15) is 5.60 Å². The molecule has 0 aliphatic heterocycles. The van der Waals surface area contributed by atoms with Gasteiger partial charge in [-0.3, -0.25) is 4.98 Å². The molecular weight excluding hydrogens is 249 g/mol. The number of pyridine rings is 1. The number of nitrogens with one attached hydrogen (secondary N) is 2. The van der Waals surface area contributed by atoms with Crippen molar-refractivity contribution in [3.8, 4) is 0 Å². The monoisotopic (exact) mass is 265 g/mol. The SMILES string of the molecule is CC(C)(C)OC(=O)NCc1[nH]c2ccncc2c1F. The van der Waals surface area contributed by atoms with Crippen molar-refractivity contribution in [3.63, 3.8) is 0 Å². The van der Waals surface area contributed by atoms with Crippen LogP contribution in [0.3, 0.4) is 0 Å². The lowest BCUT2D eigenvalue weighted by Crippen LogP contribution is -2.32. The fraction of sp³-hybridized carbons (Fsp3) is 0.385. The second-order valence-corrected chi connectivity index (χ2v) is 5.19. The Labute approximate surface area is 110 Å². The van der Waals surface area contributed by atoms with Crippen LogP contribution in [-0.4, -0.2) is 21.7 Å². The Kier molecular flexibility index (Phi) is 3.42. The van der Waals surface area contributed by atoms with Crippen molar-refractivity contribution in [2.75, 3.05) is 0 Å². The highest BCUT2D eigenvalue weighted by Gasteiger charge is 2.17. The van der Waals surface area contributed by atoms with Crippen LogP contribution in [0.25, 0.3) is 10.9 Å². The minimum Gasteiger partial charge on any atom is -0.444 e. The van der Waals surface area contributed by atoms with Gasteiger partial charge in [0.2, 0.25) is 0 Å². The molecule has 5 nitrogen and oxygen atoms in total. The van der Waals surface area contributed by atoms with Gasteiger partial charge in [-0.25, -0.2) is 9.18 Å². The van der Waals surface area contributed by atoms with E-state index in [2.05, 4.69) is 15.3 Å². The van der Waals surface area contributed by atoms with E-state index in [0.29, 0.717) is 16.6 Å². The average molecular weight is 265 g/mol. The van der Waals surface area contributed by atoms with E-state index in [1.54, 1.807) is 33.0 Å². The second kappa shape index (κ2) is 4.87. The van der Waals surface area contributed by atoms with Crippen LogP contribution in [0.2, 0.25) is 0 Å². The number of aromatic nitrogens is 2. The summed E-state index contributed by atoms with van der Waals surface area (Å²) in [6.45, 7) is 5.33. The number of hydrogen-bond acceptors (Lipinski definition) is 3. The lowest BCUT2D eigenvalue weighted by atomic mass is 10.2. The van der Waals surface area contributed by atoms with Crippen molar-refractivity contribution in [2.45, 2.75) is 32.9 Å². The van der Waals surface area contributed by atoms with E-state index in [0.717, 1.165) is 0 Å². The number of aromatic amines is 1. The van der Waals surface area contributed by atoms with E-state index in [1.165, 1.54) is 6.20 Å². The zero-order chi connectivity index (χ0) is 14.0. The van der Waals surface area contributed by atoms with E-state index < -0.39 is 17.5 Å². The van der Waals surface area contributed by atoms with E-state index >= 15 is 0 Å². The van der Waals surface area contributed by atoms with Gasteiger partial charge in [0.15, 0.2) is 5.82 Å². The predicted molar refractivity (Wildman–Crippen MR) is 69.1 cm³/mol. The molecule has 102 valence electrons. The van der Waals surface area contributed by atoms with E-state index in [9.17, 15) is 9.18 Å². The molecule has 0 atom stereocenters. The largest absolute Gasteiger partial charge is 0.444 e. The van der Waals surface area contributed by atoms with E-state index in [1.807, 2.05) is 0 Å². The fourth-order valence-corrected chi connectivity index (χ4v) is 1.65. The Bertz CT molecular complexity index is 601. The zero-order valence-corrected chi connectivity index (χ0v) is 11.1. The first-order valence-corrected chi connectivity index (χ1v) is 5.94. The summed E-state index contributed by atoms with van der Waals surface area (Å²) >= 11 is 0. The van der Waals surface area contributed by atoms with Crippen LogP contribution in [0.5, 0.6) is 0 Å². The Hall–Kier alpha value is -2.11.